The van der Waals surface area contributed by atoms with Gasteiger partial charge in [-0.2, -0.15) is 0 Å². The third kappa shape index (κ3) is 3.04. The minimum Gasteiger partial charge on any atom is -0.478 e. The maximum Gasteiger partial charge on any atom is 0.337 e. The molecule has 2 rings (SSSR count). The molecule has 0 bridgehead atoms. The molecule has 0 saturated carbocycles. The molecule has 0 spiro atoms. The first-order valence-electron chi connectivity index (χ1n) is 5.92. The van der Waals surface area contributed by atoms with E-state index in [-0.39, 0.29) is 29.4 Å². The highest BCUT2D eigenvalue weighted by Gasteiger charge is 2.30. The number of nitrogens with zero attached hydrogens (tertiary/aromatic N) is 1. The number of anilines is 1. The first kappa shape index (κ1) is 15.0. The summed E-state index contributed by atoms with van der Waals surface area (Å²) in [5.74, 6) is -2.32. The molecule has 1 aromatic carbocycles. The monoisotopic (exact) mass is 310 g/mol. The van der Waals surface area contributed by atoms with E-state index in [2.05, 4.69) is 5.32 Å². The summed E-state index contributed by atoms with van der Waals surface area (Å²) in [4.78, 5) is 35.3. The molecular formula is C13H11ClN2O5. The van der Waals surface area contributed by atoms with Crippen LogP contribution in [0.3, 0.4) is 0 Å². The largest absolute Gasteiger partial charge is 0.478 e. The third-order valence-corrected chi connectivity index (χ3v) is 3.14. The lowest BCUT2D eigenvalue weighted by atomic mass is 10.2. The van der Waals surface area contributed by atoms with E-state index in [4.69, 9.17) is 21.8 Å². The summed E-state index contributed by atoms with van der Waals surface area (Å²) >= 11 is 5.74. The number of benzene rings is 1. The Morgan fingerprint density at radius 1 is 1.33 bits per heavy atom. The Morgan fingerprint density at radius 3 is 2.67 bits per heavy atom. The number of nitrogens with one attached hydrogen (secondary N) is 1. The van der Waals surface area contributed by atoms with E-state index in [0.29, 0.717) is 5.69 Å². The molecule has 7 nitrogen and oxygen atoms in total. The number of carbonyl (C=O) groups excluding carboxylic acids is 2. The van der Waals surface area contributed by atoms with Crippen LogP contribution < -0.4 is 5.32 Å². The molecule has 1 aliphatic heterocycles. The number of aliphatic hydroxyl groups is 1. The van der Waals surface area contributed by atoms with E-state index in [1.54, 1.807) is 0 Å². The zero-order chi connectivity index (χ0) is 15.6. The molecule has 0 radical (unpaired) electrons. The molecule has 8 heteroatoms. The number of amides is 2. The summed E-state index contributed by atoms with van der Waals surface area (Å²) in [6.07, 6.45) is 1.09. The van der Waals surface area contributed by atoms with Gasteiger partial charge in [-0.05, 0) is 18.2 Å². The highest BCUT2D eigenvalue weighted by molar-refractivity contribution is 6.33. The summed E-state index contributed by atoms with van der Waals surface area (Å²) in [5, 5.41) is 20.5. The van der Waals surface area contributed by atoms with Crippen LogP contribution in [0.5, 0.6) is 0 Å². The Morgan fingerprint density at radius 2 is 2.05 bits per heavy atom. The summed E-state index contributed by atoms with van der Waals surface area (Å²) in [6.45, 7) is -0.428. The van der Waals surface area contributed by atoms with E-state index in [1.807, 2.05) is 0 Å². The predicted molar refractivity (Wildman–Crippen MR) is 73.9 cm³/mol. The van der Waals surface area contributed by atoms with Gasteiger partial charge in [-0.3, -0.25) is 14.5 Å². The first-order valence-corrected chi connectivity index (χ1v) is 6.30. The first-order chi connectivity index (χ1) is 9.93. The second kappa shape index (κ2) is 5.94. The summed E-state index contributed by atoms with van der Waals surface area (Å²) in [5.41, 5.74) is 0.202. The third-order valence-electron chi connectivity index (χ3n) is 2.81. The van der Waals surface area contributed by atoms with Gasteiger partial charge in [0, 0.05) is 11.8 Å². The Labute approximate surface area is 124 Å². The van der Waals surface area contributed by atoms with Crippen molar-refractivity contribution in [2.75, 3.05) is 18.5 Å². The number of carbonyl (C=O) groups is 3. The molecule has 0 fully saturated rings. The average molecular weight is 311 g/mol. The lowest BCUT2D eigenvalue weighted by molar-refractivity contribution is -0.137. The van der Waals surface area contributed by atoms with Crippen LogP contribution in [0.1, 0.15) is 10.4 Å². The van der Waals surface area contributed by atoms with Gasteiger partial charge in [-0.1, -0.05) is 11.6 Å². The van der Waals surface area contributed by atoms with Crippen molar-refractivity contribution in [1.29, 1.82) is 0 Å². The van der Waals surface area contributed by atoms with E-state index in [1.165, 1.54) is 18.2 Å². The van der Waals surface area contributed by atoms with Crippen LogP contribution in [0.4, 0.5) is 5.69 Å². The van der Waals surface area contributed by atoms with Gasteiger partial charge in [0.05, 0.1) is 23.7 Å². The van der Waals surface area contributed by atoms with Crippen LogP contribution in [0.25, 0.3) is 0 Å². The second-order valence-electron chi connectivity index (χ2n) is 4.20. The van der Waals surface area contributed by atoms with Gasteiger partial charge in [-0.25, -0.2) is 4.79 Å². The SMILES string of the molecule is O=C(O)c1cc(NC2=CC(=O)N(CCO)C2=O)ccc1Cl. The minimum absolute atomic E-state index is 0.00658. The second-order valence-corrected chi connectivity index (χ2v) is 4.61. The smallest absolute Gasteiger partial charge is 0.337 e. The van der Waals surface area contributed by atoms with E-state index < -0.39 is 17.8 Å². The number of hydrogen-bond acceptors (Lipinski definition) is 5. The normalized spacial score (nSPS) is 14.4. The maximum atomic E-state index is 11.9. The number of carboxylic acids is 1. The van der Waals surface area contributed by atoms with Crippen LogP contribution in [0, 0.1) is 0 Å². The fourth-order valence-corrected chi connectivity index (χ4v) is 2.03. The van der Waals surface area contributed by atoms with Crippen molar-refractivity contribution in [3.05, 3.63) is 40.6 Å². The van der Waals surface area contributed by atoms with Gasteiger partial charge in [-0.15, -0.1) is 0 Å². The number of carboxylic acid groups (broad SMARTS) is 1. The molecule has 0 atom stereocenters. The molecule has 1 heterocycles. The number of hydrogen-bond donors (Lipinski definition) is 3. The van der Waals surface area contributed by atoms with Gasteiger partial charge >= 0.3 is 5.97 Å². The fourth-order valence-electron chi connectivity index (χ4n) is 1.83. The van der Waals surface area contributed by atoms with Crippen LogP contribution in [0.15, 0.2) is 30.0 Å². The van der Waals surface area contributed by atoms with E-state index >= 15 is 0 Å². The van der Waals surface area contributed by atoms with Crippen molar-refractivity contribution < 1.29 is 24.6 Å². The zero-order valence-electron chi connectivity index (χ0n) is 10.7. The van der Waals surface area contributed by atoms with Gasteiger partial charge in [0.25, 0.3) is 11.8 Å². The van der Waals surface area contributed by atoms with E-state index in [0.717, 1.165) is 11.0 Å². The zero-order valence-corrected chi connectivity index (χ0v) is 11.4. The Hall–Kier alpha value is -2.38. The van der Waals surface area contributed by atoms with Crippen LogP contribution >= 0.6 is 11.6 Å². The van der Waals surface area contributed by atoms with Crippen molar-refractivity contribution in [2.45, 2.75) is 0 Å². The lowest BCUT2D eigenvalue weighted by Crippen LogP contribution is -2.34. The number of halogens is 1. The van der Waals surface area contributed by atoms with Crippen molar-refractivity contribution >= 4 is 35.1 Å². The van der Waals surface area contributed by atoms with Crippen molar-refractivity contribution in [1.82, 2.24) is 4.90 Å². The molecule has 2 amide bonds. The molecule has 0 saturated heterocycles. The molecule has 0 unspecified atom stereocenters. The van der Waals surface area contributed by atoms with Gasteiger partial charge in [0.15, 0.2) is 0 Å². The highest BCUT2D eigenvalue weighted by atomic mass is 35.5. The van der Waals surface area contributed by atoms with Gasteiger partial charge < -0.3 is 15.5 Å². The maximum absolute atomic E-state index is 11.9. The molecular weight excluding hydrogens is 300 g/mol. The summed E-state index contributed by atoms with van der Waals surface area (Å²) in [6, 6.07) is 4.13. The molecule has 3 N–H and O–H groups in total. The average Bonchev–Trinajstić information content (AvgIpc) is 2.69. The Bertz CT molecular complexity index is 656. The van der Waals surface area contributed by atoms with Crippen LogP contribution in [-0.2, 0) is 9.59 Å². The van der Waals surface area contributed by atoms with Crippen LogP contribution in [-0.4, -0.2) is 46.0 Å². The summed E-state index contributed by atoms with van der Waals surface area (Å²) < 4.78 is 0. The minimum atomic E-state index is -1.20. The quantitative estimate of drug-likeness (QED) is 0.691. The topological polar surface area (TPSA) is 107 Å². The Kier molecular flexibility index (Phi) is 4.25. The van der Waals surface area contributed by atoms with Gasteiger partial charge in [0.2, 0.25) is 0 Å². The summed E-state index contributed by atoms with van der Waals surface area (Å²) in [7, 11) is 0. The molecule has 110 valence electrons. The standard InChI is InChI=1S/C13H11ClN2O5/c14-9-2-1-7(5-8(9)13(20)21)15-10-6-11(18)16(3-4-17)12(10)19/h1-2,5-6,15,17H,3-4H2,(H,20,21). The molecule has 0 aromatic heterocycles. The Balaban J connectivity index is 2.22. The molecule has 1 aromatic rings. The van der Waals surface area contributed by atoms with Crippen molar-refractivity contribution in [3.63, 3.8) is 0 Å². The highest BCUT2D eigenvalue weighted by Crippen LogP contribution is 2.23. The lowest BCUT2D eigenvalue weighted by Gasteiger charge is -2.13. The van der Waals surface area contributed by atoms with E-state index in [9.17, 15) is 14.4 Å². The molecule has 1 aliphatic rings. The predicted octanol–water partition coefficient (Wildman–Crippen LogP) is 0.695. The number of aliphatic hydroxyl groups excluding tert-OH is 1. The molecule has 0 aliphatic carbocycles. The van der Waals surface area contributed by atoms with Crippen molar-refractivity contribution in [3.8, 4) is 0 Å². The fraction of sp³-hybridized carbons (Fsp3) is 0.154. The number of rotatable bonds is 5. The number of aromatic carboxylic acids is 1. The number of imide groups is 1. The van der Waals surface area contributed by atoms with Crippen LogP contribution in [0.2, 0.25) is 5.02 Å². The molecule has 21 heavy (non-hydrogen) atoms. The number of β-amino-alcohol motifs (C(OH)–C–C–N with tert-alkyl or cyclic N) is 1. The van der Waals surface area contributed by atoms with Gasteiger partial charge in [0.1, 0.15) is 5.70 Å². The van der Waals surface area contributed by atoms with Crippen molar-refractivity contribution in [2.24, 2.45) is 0 Å².